The van der Waals surface area contributed by atoms with E-state index >= 15 is 0 Å². The summed E-state index contributed by atoms with van der Waals surface area (Å²) in [6.45, 7) is 0. The summed E-state index contributed by atoms with van der Waals surface area (Å²) >= 11 is 0. The average Bonchev–Trinajstić information content (AvgIpc) is 3.03. The number of pyridine rings is 1. The van der Waals surface area contributed by atoms with Crippen LogP contribution in [0.3, 0.4) is 0 Å². The Kier molecular flexibility index (Phi) is 1.51. The van der Waals surface area contributed by atoms with Crippen LogP contribution < -0.4 is 5.56 Å². The summed E-state index contributed by atoms with van der Waals surface area (Å²) in [5.74, 6) is 0. The lowest BCUT2D eigenvalue weighted by Gasteiger charge is -2.04. The van der Waals surface area contributed by atoms with Crippen LogP contribution >= 0.6 is 0 Å². The molecule has 0 N–H and O–H groups in total. The van der Waals surface area contributed by atoms with Crippen molar-refractivity contribution in [2.75, 3.05) is 0 Å². The molecule has 0 spiro atoms. The Morgan fingerprint density at radius 2 is 1.93 bits per heavy atom. The van der Waals surface area contributed by atoms with Crippen molar-refractivity contribution < 1.29 is 0 Å². The van der Waals surface area contributed by atoms with Gasteiger partial charge in [0.25, 0.3) is 5.56 Å². The van der Waals surface area contributed by atoms with Gasteiger partial charge in [-0.05, 0) is 30.4 Å². The second-order valence-electron chi connectivity index (χ2n) is 3.85. The fraction of sp³-hybridized carbons (Fsp3) is 0.250. The molecule has 2 heteroatoms. The van der Waals surface area contributed by atoms with Crippen molar-refractivity contribution in [2.24, 2.45) is 0 Å². The quantitative estimate of drug-likeness (QED) is 0.668. The van der Waals surface area contributed by atoms with Gasteiger partial charge in [-0.2, -0.15) is 0 Å². The van der Waals surface area contributed by atoms with E-state index in [0.717, 1.165) is 23.6 Å². The molecule has 0 amide bonds. The first kappa shape index (κ1) is 7.80. The zero-order valence-corrected chi connectivity index (χ0v) is 7.81. The maximum absolute atomic E-state index is 12.0. The highest BCUT2D eigenvalue weighted by atomic mass is 16.1. The molecule has 1 fully saturated rings. The number of fused-ring (bicyclic) bond motifs is 1. The second-order valence-corrected chi connectivity index (χ2v) is 3.85. The van der Waals surface area contributed by atoms with Crippen LogP contribution in [-0.2, 0) is 0 Å². The summed E-state index contributed by atoms with van der Waals surface area (Å²) in [5.41, 5.74) is 0.158. The van der Waals surface area contributed by atoms with Crippen LogP contribution in [0.4, 0.5) is 0 Å². The number of aromatic nitrogens is 1. The van der Waals surface area contributed by atoms with Crippen LogP contribution in [0, 0.1) is 0 Å². The molecular formula is C12H11NO. The van der Waals surface area contributed by atoms with Crippen molar-refractivity contribution in [3.8, 4) is 0 Å². The molecule has 1 heterocycles. The highest BCUT2D eigenvalue weighted by Crippen LogP contribution is 2.33. The molecule has 0 bridgehead atoms. The molecule has 3 rings (SSSR count). The summed E-state index contributed by atoms with van der Waals surface area (Å²) in [5, 5.41) is 1.87. The summed E-state index contributed by atoms with van der Waals surface area (Å²) in [6.07, 6.45) is 4.22. The third-order valence-corrected chi connectivity index (χ3v) is 2.78. The van der Waals surface area contributed by atoms with Crippen molar-refractivity contribution in [3.63, 3.8) is 0 Å². The summed E-state index contributed by atoms with van der Waals surface area (Å²) < 4.78 is 1.86. The molecule has 0 aliphatic heterocycles. The van der Waals surface area contributed by atoms with Crippen LogP contribution in [0.15, 0.2) is 41.3 Å². The number of nitrogens with zero attached hydrogens (tertiary/aromatic N) is 1. The molecule has 14 heavy (non-hydrogen) atoms. The normalized spacial score (nSPS) is 16.0. The number of benzene rings is 1. The molecule has 1 aromatic heterocycles. The van der Waals surface area contributed by atoms with E-state index in [0.29, 0.717) is 6.04 Å². The Balaban J connectivity index is 2.36. The minimum atomic E-state index is 0.158. The molecule has 0 atom stereocenters. The van der Waals surface area contributed by atoms with Crippen LogP contribution in [0.5, 0.6) is 0 Å². The topological polar surface area (TPSA) is 22.0 Å². The number of rotatable bonds is 1. The summed E-state index contributed by atoms with van der Waals surface area (Å²) in [6, 6.07) is 10.2. The van der Waals surface area contributed by atoms with Gasteiger partial charge in [0.15, 0.2) is 0 Å². The molecule has 0 saturated heterocycles. The van der Waals surface area contributed by atoms with Crippen molar-refractivity contribution in [3.05, 3.63) is 46.9 Å². The van der Waals surface area contributed by atoms with E-state index in [1.165, 1.54) is 0 Å². The Labute approximate surface area is 81.8 Å². The highest BCUT2D eigenvalue weighted by Gasteiger charge is 2.24. The van der Waals surface area contributed by atoms with E-state index in [1.54, 1.807) is 0 Å². The minimum Gasteiger partial charge on any atom is -0.312 e. The van der Waals surface area contributed by atoms with Crippen LogP contribution in [0.25, 0.3) is 10.8 Å². The fourth-order valence-electron chi connectivity index (χ4n) is 1.84. The number of hydrogen-bond acceptors (Lipinski definition) is 1. The molecule has 2 aromatic rings. The van der Waals surface area contributed by atoms with Gasteiger partial charge in [0, 0.05) is 17.6 Å². The van der Waals surface area contributed by atoms with Crippen molar-refractivity contribution in [1.29, 1.82) is 0 Å². The lowest BCUT2D eigenvalue weighted by Crippen LogP contribution is -2.17. The van der Waals surface area contributed by atoms with Gasteiger partial charge in [-0.3, -0.25) is 4.79 Å². The Bertz CT molecular complexity index is 537. The summed E-state index contributed by atoms with van der Waals surface area (Å²) in [7, 11) is 0. The zero-order chi connectivity index (χ0) is 9.54. The smallest absolute Gasteiger partial charge is 0.258 e. The first-order valence-corrected chi connectivity index (χ1v) is 4.96. The van der Waals surface area contributed by atoms with Gasteiger partial charge in [-0.25, -0.2) is 0 Å². The van der Waals surface area contributed by atoms with E-state index < -0.39 is 0 Å². The Morgan fingerprint density at radius 1 is 1.14 bits per heavy atom. The molecule has 1 aliphatic rings. The molecule has 70 valence electrons. The summed E-state index contributed by atoms with van der Waals surface area (Å²) in [4.78, 5) is 12.0. The van der Waals surface area contributed by atoms with Gasteiger partial charge >= 0.3 is 0 Å². The third-order valence-electron chi connectivity index (χ3n) is 2.78. The maximum Gasteiger partial charge on any atom is 0.258 e. The van der Waals surface area contributed by atoms with E-state index in [9.17, 15) is 4.79 Å². The predicted molar refractivity (Wildman–Crippen MR) is 56.5 cm³/mol. The molecule has 0 unspecified atom stereocenters. The maximum atomic E-state index is 12.0. The van der Waals surface area contributed by atoms with Crippen molar-refractivity contribution in [1.82, 2.24) is 4.57 Å². The monoisotopic (exact) mass is 185 g/mol. The SMILES string of the molecule is O=c1c2ccccc2ccn1C1CC1. The van der Waals surface area contributed by atoms with Gasteiger partial charge in [-0.15, -0.1) is 0 Å². The minimum absolute atomic E-state index is 0.158. The van der Waals surface area contributed by atoms with Gasteiger partial charge in [0.1, 0.15) is 0 Å². The molecular weight excluding hydrogens is 174 g/mol. The van der Waals surface area contributed by atoms with Crippen LogP contribution in [0.1, 0.15) is 18.9 Å². The predicted octanol–water partition coefficient (Wildman–Crippen LogP) is 2.34. The first-order valence-electron chi connectivity index (χ1n) is 4.96. The molecule has 0 radical (unpaired) electrons. The second kappa shape index (κ2) is 2.71. The van der Waals surface area contributed by atoms with Gasteiger partial charge in [-0.1, -0.05) is 18.2 Å². The van der Waals surface area contributed by atoms with E-state index in [-0.39, 0.29) is 5.56 Å². The first-order chi connectivity index (χ1) is 6.86. The average molecular weight is 185 g/mol. The standard InChI is InChI=1S/C12H11NO/c14-12-11-4-2-1-3-9(11)7-8-13(12)10-5-6-10/h1-4,7-8,10H,5-6H2. The van der Waals surface area contributed by atoms with E-state index in [1.807, 2.05) is 41.1 Å². The van der Waals surface area contributed by atoms with Gasteiger partial charge in [0.05, 0.1) is 0 Å². The molecule has 2 nitrogen and oxygen atoms in total. The molecule has 1 saturated carbocycles. The van der Waals surface area contributed by atoms with E-state index in [2.05, 4.69) is 0 Å². The number of hydrogen-bond donors (Lipinski definition) is 0. The lowest BCUT2D eigenvalue weighted by molar-refractivity contribution is 0.714. The van der Waals surface area contributed by atoms with Crippen LogP contribution in [0.2, 0.25) is 0 Å². The van der Waals surface area contributed by atoms with Gasteiger partial charge < -0.3 is 4.57 Å². The van der Waals surface area contributed by atoms with Gasteiger partial charge in [0.2, 0.25) is 0 Å². The van der Waals surface area contributed by atoms with E-state index in [4.69, 9.17) is 0 Å². The highest BCUT2D eigenvalue weighted by molar-refractivity contribution is 5.81. The third kappa shape index (κ3) is 1.07. The van der Waals surface area contributed by atoms with Crippen molar-refractivity contribution >= 4 is 10.8 Å². The Hall–Kier alpha value is -1.57. The largest absolute Gasteiger partial charge is 0.312 e. The Morgan fingerprint density at radius 3 is 2.71 bits per heavy atom. The van der Waals surface area contributed by atoms with Crippen molar-refractivity contribution in [2.45, 2.75) is 18.9 Å². The lowest BCUT2D eigenvalue weighted by atomic mass is 10.2. The fourth-order valence-corrected chi connectivity index (χ4v) is 1.84. The molecule has 1 aromatic carbocycles. The zero-order valence-electron chi connectivity index (χ0n) is 7.81. The van der Waals surface area contributed by atoms with Crippen LogP contribution in [-0.4, -0.2) is 4.57 Å². The molecule has 1 aliphatic carbocycles.